The van der Waals surface area contributed by atoms with Crippen LogP contribution in [-0.2, 0) is 17.8 Å². The number of hydrogen-bond donors (Lipinski definition) is 2. The second-order valence-corrected chi connectivity index (χ2v) is 10.5. The zero-order valence-corrected chi connectivity index (χ0v) is 21.4. The number of benzene rings is 1. The van der Waals surface area contributed by atoms with Crippen molar-refractivity contribution in [2.45, 2.75) is 58.2 Å². The molecule has 2 fully saturated rings. The van der Waals surface area contributed by atoms with Crippen LogP contribution in [0.2, 0.25) is 0 Å². The number of urea groups is 1. The molecule has 1 saturated heterocycles. The highest BCUT2D eigenvalue weighted by molar-refractivity contribution is 5.99. The maximum Gasteiger partial charge on any atom is 0.323 e. The molecule has 2 atom stereocenters. The van der Waals surface area contributed by atoms with Crippen molar-refractivity contribution in [2.75, 3.05) is 28.8 Å². The number of amides is 2. The SMILES string of the molecule is CC(C)N1CCc2c(nc(-c3ccc(NC(=O)Nc4ccncc4)cc3)nc2N2CC3CCC(C3)O2)C1. The topological polar surface area (TPSA) is 95.5 Å². The number of fused-ring (bicyclic) bond motifs is 3. The number of rotatable bonds is 5. The van der Waals surface area contributed by atoms with Gasteiger partial charge in [0.25, 0.3) is 0 Å². The maximum absolute atomic E-state index is 12.4. The van der Waals surface area contributed by atoms with Crippen molar-refractivity contribution in [3.8, 4) is 11.4 Å². The molecule has 2 N–H and O–H groups in total. The van der Waals surface area contributed by atoms with E-state index in [-0.39, 0.29) is 6.03 Å². The van der Waals surface area contributed by atoms with Gasteiger partial charge in [-0.25, -0.2) is 19.8 Å². The lowest BCUT2D eigenvalue weighted by atomic mass is 10.0. The molecule has 192 valence electrons. The van der Waals surface area contributed by atoms with Gasteiger partial charge in [0.05, 0.1) is 18.3 Å². The Bertz CT molecular complexity index is 1250. The highest BCUT2D eigenvalue weighted by Gasteiger charge is 2.37. The summed E-state index contributed by atoms with van der Waals surface area (Å²) in [5.74, 6) is 2.29. The summed E-state index contributed by atoms with van der Waals surface area (Å²) in [4.78, 5) is 35.3. The highest BCUT2D eigenvalue weighted by Crippen LogP contribution is 2.38. The third kappa shape index (κ3) is 5.14. The van der Waals surface area contributed by atoms with E-state index < -0.39 is 0 Å². The third-order valence-corrected chi connectivity index (χ3v) is 7.57. The molecular weight excluding hydrogens is 466 g/mol. The Morgan fingerprint density at radius 2 is 1.78 bits per heavy atom. The Balaban J connectivity index is 1.26. The normalized spacial score (nSPS) is 21.1. The van der Waals surface area contributed by atoms with Gasteiger partial charge in [0, 0.05) is 54.0 Å². The lowest BCUT2D eigenvalue weighted by Crippen LogP contribution is -2.41. The first-order chi connectivity index (χ1) is 18.0. The number of carbonyl (C=O) groups is 1. The summed E-state index contributed by atoms with van der Waals surface area (Å²) < 4.78 is 0. The van der Waals surface area contributed by atoms with Crippen molar-refractivity contribution < 1.29 is 9.63 Å². The molecule has 2 aromatic heterocycles. The molecule has 9 heteroatoms. The first-order valence-corrected chi connectivity index (χ1v) is 13.2. The van der Waals surface area contributed by atoms with Crippen LogP contribution in [0.4, 0.5) is 22.0 Å². The summed E-state index contributed by atoms with van der Waals surface area (Å²) >= 11 is 0. The quantitative estimate of drug-likeness (QED) is 0.517. The van der Waals surface area contributed by atoms with Gasteiger partial charge in [-0.3, -0.25) is 14.7 Å². The van der Waals surface area contributed by atoms with Crippen LogP contribution in [0, 0.1) is 5.92 Å². The molecular formula is C28H33N7O2. The van der Waals surface area contributed by atoms with Crippen molar-refractivity contribution in [1.29, 1.82) is 0 Å². The third-order valence-electron chi connectivity index (χ3n) is 7.57. The molecule has 2 amide bonds. The molecule has 1 aliphatic carbocycles. The Morgan fingerprint density at radius 1 is 1.03 bits per heavy atom. The summed E-state index contributed by atoms with van der Waals surface area (Å²) in [7, 11) is 0. The number of pyridine rings is 1. The molecule has 1 aromatic carbocycles. The zero-order chi connectivity index (χ0) is 25.4. The Labute approximate surface area is 217 Å². The molecule has 2 aliphatic heterocycles. The lowest BCUT2D eigenvalue weighted by Gasteiger charge is -2.36. The van der Waals surface area contributed by atoms with Crippen LogP contribution >= 0.6 is 0 Å². The Kier molecular flexibility index (Phi) is 6.48. The van der Waals surface area contributed by atoms with Gasteiger partial charge in [-0.15, -0.1) is 0 Å². The minimum Gasteiger partial charge on any atom is -0.308 e. The number of nitrogens with zero attached hydrogens (tertiary/aromatic N) is 5. The minimum absolute atomic E-state index is 0.298. The fraction of sp³-hybridized carbons (Fsp3) is 0.429. The smallest absolute Gasteiger partial charge is 0.308 e. The number of carbonyl (C=O) groups excluding carboxylic acids is 1. The van der Waals surface area contributed by atoms with E-state index >= 15 is 0 Å². The minimum atomic E-state index is -0.308. The predicted octanol–water partition coefficient (Wildman–Crippen LogP) is 4.87. The molecule has 37 heavy (non-hydrogen) atoms. The number of hydroxylamine groups is 1. The second kappa shape index (κ2) is 10.1. The number of hydrogen-bond acceptors (Lipinski definition) is 7. The van der Waals surface area contributed by atoms with Crippen LogP contribution in [0.3, 0.4) is 0 Å². The Morgan fingerprint density at radius 3 is 2.51 bits per heavy atom. The van der Waals surface area contributed by atoms with E-state index in [4.69, 9.17) is 14.8 Å². The molecule has 0 radical (unpaired) electrons. The molecule has 0 spiro atoms. The fourth-order valence-corrected chi connectivity index (χ4v) is 5.52. The first kappa shape index (κ1) is 23.8. The molecule has 2 unspecified atom stereocenters. The maximum atomic E-state index is 12.4. The van der Waals surface area contributed by atoms with Gasteiger partial charge in [-0.1, -0.05) is 0 Å². The van der Waals surface area contributed by atoms with Crippen molar-refractivity contribution in [3.63, 3.8) is 0 Å². The van der Waals surface area contributed by atoms with Crippen LogP contribution in [-0.4, -0.2) is 51.1 Å². The Hall–Kier alpha value is -3.56. The standard InChI is InChI=1S/C28H33N7O2/c1-18(2)34-14-11-24-25(17-34)32-26(33-27(24)35-16-19-3-8-23(15-19)37-35)20-4-6-21(7-5-20)30-28(36)31-22-9-12-29-13-10-22/h4-7,9-10,12-13,18-19,23H,3,8,11,14-17H2,1-2H3,(H2,29,30,31,36). The van der Waals surface area contributed by atoms with Gasteiger partial charge in [-0.05, 0) is 81.8 Å². The van der Waals surface area contributed by atoms with Crippen LogP contribution < -0.4 is 15.7 Å². The molecule has 9 nitrogen and oxygen atoms in total. The predicted molar refractivity (Wildman–Crippen MR) is 143 cm³/mol. The van der Waals surface area contributed by atoms with Crippen molar-refractivity contribution >= 4 is 23.2 Å². The lowest BCUT2D eigenvalue weighted by molar-refractivity contribution is 0.00839. The summed E-state index contributed by atoms with van der Waals surface area (Å²) in [6.07, 6.45) is 8.01. The van der Waals surface area contributed by atoms with Crippen LogP contribution in [0.15, 0.2) is 48.8 Å². The average molecular weight is 500 g/mol. The van der Waals surface area contributed by atoms with Crippen LogP contribution in [0.5, 0.6) is 0 Å². The van der Waals surface area contributed by atoms with Crippen molar-refractivity contribution in [1.82, 2.24) is 19.9 Å². The number of anilines is 3. The second-order valence-electron chi connectivity index (χ2n) is 10.5. The monoisotopic (exact) mass is 499 g/mol. The van der Waals surface area contributed by atoms with E-state index in [0.717, 1.165) is 56.0 Å². The summed E-state index contributed by atoms with van der Waals surface area (Å²) in [5.41, 5.74) is 4.58. The number of nitrogens with one attached hydrogen (secondary N) is 2. The molecule has 1 saturated carbocycles. The summed E-state index contributed by atoms with van der Waals surface area (Å²) in [6.45, 7) is 7.17. The van der Waals surface area contributed by atoms with Gasteiger partial charge in [-0.2, -0.15) is 0 Å². The molecule has 6 rings (SSSR count). The van der Waals surface area contributed by atoms with Gasteiger partial charge in [0.1, 0.15) is 0 Å². The van der Waals surface area contributed by atoms with E-state index in [9.17, 15) is 4.79 Å². The average Bonchev–Trinajstić information content (AvgIpc) is 3.25. The van der Waals surface area contributed by atoms with Crippen LogP contribution in [0.25, 0.3) is 11.4 Å². The zero-order valence-electron chi connectivity index (χ0n) is 21.4. The van der Waals surface area contributed by atoms with Gasteiger partial charge >= 0.3 is 6.03 Å². The fourth-order valence-electron chi connectivity index (χ4n) is 5.52. The first-order valence-electron chi connectivity index (χ1n) is 13.2. The molecule has 3 aliphatic rings. The largest absolute Gasteiger partial charge is 0.323 e. The van der Waals surface area contributed by atoms with Crippen molar-refractivity contribution in [2.24, 2.45) is 5.92 Å². The van der Waals surface area contributed by atoms with Gasteiger partial charge < -0.3 is 10.6 Å². The van der Waals surface area contributed by atoms with Crippen molar-refractivity contribution in [3.05, 3.63) is 60.0 Å². The molecule has 3 aromatic rings. The van der Waals surface area contributed by atoms with E-state index in [1.165, 1.54) is 12.0 Å². The van der Waals surface area contributed by atoms with Gasteiger partial charge in [0.2, 0.25) is 0 Å². The van der Waals surface area contributed by atoms with Crippen LogP contribution in [0.1, 0.15) is 44.4 Å². The molecule has 4 heterocycles. The summed E-state index contributed by atoms with van der Waals surface area (Å²) in [5, 5.41) is 7.73. The summed E-state index contributed by atoms with van der Waals surface area (Å²) in [6, 6.07) is 11.3. The van der Waals surface area contributed by atoms with E-state index in [0.29, 0.717) is 35.3 Å². The van der Waals surface area contributed by atoms with E-state index in [2.05, 4.69) is 39.4 Å². The number of aromatic nitrogens is 3. The van der Waals surface area contributed by atoms with E-state index in [1.807, 2.05) is 24.3 Å². The highest BCUT2D eigenvalue weighted by atomic mass is 16.7. The molecule has 2 bridgehead atoms. The van der Waals surface area contributed by atoms with Gasteiger partial charge in [0.15, 0.2) is 11.6 Å². The van der Waals surface area contributed by atoms with E-state index in [1.54, 1.807) is 24.5 Å².